The quantitative estimate of drug-likeness (QED) is 0.741. The van der Waals surface area contributed by atoms with Crippen molar-refractivity contribution in [3.8, 4) is 0 Å². The monoisotopic (exact) mass is 340 g/mol. The van der Waals surface area contributed by atoms with Crippen LogP contribution in [0.25, 0.3) is 10.9 Å². The number of rotatable bonds is 4. The van der Waals surface area contributed by atoms with Crippen molar-refractivity contribution in [3.63, 3.8) is 0 Å². The normalized spacial score (nSPS) is 11.1. The molecule has 0 saturated heterocycles. The van der Waals surface area contributed by atoms with E-state index in [1.54, 1.807) is 17.8 Å². The van der Waals surface area contributed by atoms with E-state index in [1.807, 2.05) is 50.4 Å². The lowest BCUT2D eigenvalue weighted by molar-refractivity contribution is 0.710. The Bertz CT molecular complexity index is 1020. The number of thioether (sulfide) groups is 1. The van der Waals surface area contributed by atoms with Crippen LogP contribution in [0.3, 0.4) is 0 Å². The lowest BCUT2D eigenvalue weighted by atomic mass is 10.1. The van der Waals surface area contributed by atoms with Crippen LogP contribution in [0.5, 0.6) is 0 Å². The van der Waals surface area contributed by atoms with Gasteiger partial charge in [-0.3, -0.25) is 9.36 Å². The molecule has 0 atom stereocenters. The summed E-state index contributed by atoms with van der Waals surface area (Å²) < 4.78 is 1.27. The number of aromatic amines is 1. The molecule has 0 aliphatic rings. The number of benzene rings is 2. The van der Waals surface area contributed by atoms with Gasteiger partial charge >= 0.3 is 5.69 Å². The van der Waals surface area contributed by atoms with Gasteiger partial charge in [-0.1, -0.05) is 25.1 Å². The Hall–Kier alpha value is -2.27. The van der Waals surface area contributed by atoms with Crippen molar-refractivity contribution in [2.45, 2.75) is 31.7 Å². The minimum atomic E-state index is -0.372. The van der Waals surface area contributed by atoms with Gasteiger partial charge in [0.1, 0.15) is 0 Å². The summed E-state index contributed by atoms with van der Waals surface area (Å²) >= 11 is 1.69. The summed E-state index contributed by atoms with van der Waals surface area (Å²) in [5, 5.41) is 0.561. The van der Waals surface area contributed by atoms with E-state index in [9.17, 15) is 9.59 Å². The smallest absolute Gasteiger partial charge is 0.307 e. The molecule has 0 radical (unpaired) electrons. The SMILES string of the molecule is CCc1ccc2[nH]c(=O)n(Cc3ccc(SC)c(C)c3)c(=O)c2c1. The molecule has 0 saturated carbocycles. The van der Waals surface area contributed by atoms with E-state index in [0.717, 1.165) is 23.1 Å². The van der Waals surface area contributed by atoms with Crippen molar-refractivity contribution in [2.24, 2.45) is 0 Å². The van der Waals surface area contributed by atoms with Gasteiger partial charge in [0.05, 0.1) is 17.4 Å². The molecule has 1 N–H and O–H groups in total. The standard InChI is InChI=1S/C19H20N2O2S/c1-4-13-5-7-16-15(10-13)18(22)21(19(23)20-16)11-14-6-8-17(24-3)12(2)9-14/h5-10H,4,11H2,1-3H3,(H,20,23). The Morgan fingerprint density at radius 3 is 2.50 bits per heavy atom. The van der Waals surface area contributed by atoms with Gasteiger partial charge in [0.2, 0.25) is 0 Å². The number of nitrogens with zero attached hydrogens (tertiary/aromatic N) is 1. The molecule has 0 aliphatic carbocycles. The van der Waals surface area contributed by atoms with Crippen molar-refractivity contribution < 1.29 is 0 Å². The molecule has 0 aliphatic heterocycles. The molecule has 24 heavy (non-hydrogen) atoms. The van der Waals surface area contributed by atoms with Gasteiger partial charge in [-0.25, -0.2) is 4.79 Å². The summed E-state index contributed by atoms with van der Waals surface area (Å²) in [6, 6.07) is 11.6. The van der Waals surface area contributed by atoms with E-state index >= 15 is 0 Å². The van der Waals surface area contributed by atoms with Crippen molar-refractivity contribution in [3.05, 3.63) is 73.9 Å². The molecule has 3 aromatic rings. The summed E-state index contributed by atoms with van der Waals surface area (Å²) in [5.74, 6) is 0. The Balaban J connectivity index is 2.10. The fraction of sp³-hybridized carbons (Fsp3) is 0.263. The lowest BCUT2D eigenvalue weighted by Gasteiger charge is -2.09. The predicted octanol–water partition coefficient (Wildman–Crippen LogP) is 3.33. The summed E-state index contributed by atoms with van der Waals surface area (Å²) in [6.45, 7) is 4.35. The van der Waals surface area contributed by atoms with Gasteiger partial charge in [-0.15, -0.1) is 11.8 Å². The van der Waals surface area contributed by atoms with E-state index in [4.69, 9.17) is 0 Å². The molecule has 0 fully saturated rings. The van der Waals surface area contributed by atoms with Crippen LogP contribution in [0.2, 0.25) is 0 Å². The largest absolute Gasteiger partial charge is 0.329 e. The van der Waals surface area contributed by atoms with Gasteiger partial charge in [0.25, 0.3) is 5.56 Å². The molecule has 0 spiro atoms. The molecule has 1 heterocycles. The lowest BCUT2D eigenvalue weighted by Crippen LogP contribution is -2.35. The number of H-pyrrole nitrogens is 1. The zero-order valence-corrected chi connectivity index (χ0v) is 14.9. The first-order valence-corrected chi connectivity index (χ1v) is 9.15. The van der Waals surface area contributed by atoms with Gasteiger partial charge in [-0.2, -0.15) is 0 Å². The van der Waals surface area contributed by atoms with E-state index in [0.29, 0.717) is 10.9 Å². The molecule has 3 rings (SSSR count). The average molecular weight is 340 g/mol. The first kappa shape index (κ1) is 16.6. The van der Waals surface area contributed by atoms with Crippen LogP contribution in [0.4, 0.5) is 0 Å². The molecular formula is C19H20N2O2S. The van der Waals surface area contributed by atoms with Crippen molar-refractivity contribution in [2.75, 3.05) is 6.26 Å². The maximum Gasteiger partial charge on any atom is 0.329 e. The summed E-state index contributed by atoms with van der Waals surface area (Å²) in [7, 11) is 0. The van der Waals surface area contributed by atoms with Crippen LogP contribution in [-0.4, -0.2) is 15.8 Å². The Morgan fingerprint density at radius 2 is 1.83 bits per heavy atom. The number of aromatic nitrogens is 2. The summed E-state index contributed by atoms with van der Waals surface area (Å²) in [6.07, 6.45) is 2.88. The van der Waals surface area contributed by atoms with Crippen molar-refractivity contribution >= 4 is 22.7 Å². The third-order valence-corrected chi connectivity index (χ3v) is 5.15. The van der Waals surface area contributed by atoms with E-state index in [1.165, 1.54) is 9.46 Å². The molecule has 2 aromatic carbocycles. The second-order valence-electron chi connectivity index (χ2n) is 5.86. The van der Waals surface area contributed by atoms with Crippen molar-refractivity contribution in [1.29, 1.82) is 0 Å². The van der Waals surface area contributed by atoms with Crippen LogP contribution >= 0.6 is 11.8 Å². The minimum absolute atomic E-state index is 0.240. The Labute approximate surface area is 144 Å². The molecule has 0 bridgehead atoms. The molecular weight excluding hydrogens is 320 g/mol. The van der Waals surface area contributed by atoms with Gasteiger partial charge in [-0.05, 0) is 54.5 Å². The van der Waals surface area contributed by atoms with Crippen LogP contribution in [0, 0.1) is 6.92 Å². The van der Waals surface area contributed by atoms with E-state index < -0.39 is 0 Å². The van der Waals surface area contributed by atoms with Gasteiger partial charge < -0.3 is 4.98 Å². The fourth-order valence-corrected chi connectivity index (χ4v) is 3.47. The predicted molar refractivity (Wildman–Crippen MR) is 100 cm³/mol. The van der Waals surface area contributed by atoms with E-state index in [-0.39, 0.29) is 17.8 Å². The number of hydrogen-bond donors (Lipinski definition) is 1. The van der Waals surface area contributed by atoms with E-state index in [2.05, 4.69) is 4.98 Å². The molecule has 4 nitrogen and oxygen atoms in total. The molecule has 5 heteroatoms. The van der Waals surface area contributed by atoms with Crippen LogP contribution < -0.4 is 11.2 Å². The average Bonchev–Trinajstić information content (AvgIpc) is 2.58. The maximum absolute atomic E-state index is 12.8. The summed E-state index contributed by atoms with van der Waals surface area (Å²) in [4.78, 5) is 29.1. The number of nitrogens with one attached hydrogen (secondary N) is 1. The number of fused-ring (bicyclic) bond motifs is 1. The first-order chi connectivity index (χ1) is 11.5. The highest BCUT2D eigenvalue weighted by Crippen LogP contribution is 2.20. The van der Waals surface area contributed by atoms with Crippen LogP contribution in [-0.2, 0) is 13.0 Å². The molecule has 1 aromatic heterocycles. The third-order valence-electron chi connectivity index (χ3n) is 4.25. The Morgan fingerprint density at radius 1 is 1.08 bits per heavy atom. The zero-order chi connectivity index (χ0) is 17.3. The maximum atomic E-state index is 12.8. The number of hydrogen-bond acceptors (Lipinski definition) is 3. The highest BCUT2D eigenvalue weighted by Gasteiger charge is 2.09. The van der Waals surface area contributed by atoms with Gasteiger partial charge in [0.15, 0.2) is 0 Å². The minimum Gasteiger partial charge on any atom is -0.307 e. The highest BCUT2D eigenvalue weighted by molar-refractivity contribution is 7.98. The van der Waals surface area contributed by atoms with Crippen LogP contribution in [0.15, 0.2) is 50.9 Å². The molecule has 0 amide bonds. The zero-order valence-electron chi connectivity index (χ0n) is 14.1. The highest BCUT2D eigenvalue weighted by atomic mass is 32.2. The Kier molecular flexibility index (Phi) is 4.62. The second-order valence-corrected chi connectivity index (χ2v) is 6.71. The topological polar surface area (TPSA) is 54.9 Å². The first-order valence-electron chi connectivity index (χ1n) is 7.92. The fourth-order valence-electron chi connectivity index (χ4n) is 2.88. The third kappa shape index (κ3) is 3.04. The summed E-state index contributed by atoms with van der Waals surface area (Å²) in [5.41, 5.74) is 3.16. The van der Waals surface area contributed by atoms with Gasteiger partial charge in [0, 0.05) is 4.90 Å². The molecule has 124 valence electrons. The van der Waals surface area contributed by atoms with Crippen LogP contribution in [0.1, 0.15) is 23.6 Å². The number of aryl methyl sites for hydroxylation is 2. The molecule has 0 unspecified atom stereocenters. The van der Waals surface area contributed by atoms with Crippen molar-refractivity contribution in [1.82, 2.24) is 9.55 Å². The second kappa shape index (κ2) is 6.69.